The number of ether oxygens (including phenoxy) is 1. The lowest BCUT2D eigenvalue weighted by Gasteiger charge is -2.07. The summed E-state index contributed by atoms with van der Waals surface area (Å²) in [6.45, 7) is 2.21. The van der Waals surface area contributed by atoms with Gasteiger partial charge in [-0.1, -0.05) is 51.9 Å². The maximum absolute atomic E-state index is 12.5. The number of rotatable bonds is 12. The number of nitrogens with one attached hydrogen (secondary N) is 1. The minimum Gasteiger partial charge on any atom is -0.494 e. The van der Waals surface area contributed by atoms with Crippen molar-refractivity contribution >= 4 is 22.1 Å². The second-order valence-corrected chi connectivity index (χ2v) is 8.88. The Kier molecular flexibility index (Phi) is 9.21. The van der Waals surface area contributed by atoms with E-state index in [1.807, 2.05) is 12.1 Å². The first kappa shape index (κ1) is 25.0. The van der Waals surface area contributed by atoms with Crippen molar-refractivity contribution in [3.05, 3.63) is 41.1 Å². The van der Waals surface area contributed by atoms with Crippen molar-refractivity contribution in [2.45, 2.75) is 70.2 Å². The summed E-state index contributed by atoms with van der Waals surface area (Å²) in [7, 11) is -4.49. The summed E-state index contributed by atoms with van der Waals surface area (Å²) in [4.78, 5) is 7.02. The van der Waals surface area contributed by atoms with Gasteiger partial charge in [-0.25, -0.2) is 4.99 Å². The predicted octanol–water partition coefficient (Wildman–Crippen LogP) is 5.85. The first-order valence-electron chi connectivity index (χ1n) is 10.4. The van der Waals surface area contributed by atoms with E-state index < -0.39 is 21.5 Å². The van der Waals surface area contributed by atoms with Gasteiger partial charge >= 0.3 is 15.6 Å². The third kappa shape index (κ3) is 7.75. The Morgan fingerprint density at radius 2 is 1.71 bits per heavy atom. The average Bonchev–Trinajstić information content (AvgIpc) is 3.29. The summed E-state index contributed by atoms with van der Waals surface area (Å²) >= 11 is 0. The molecule has 0 unspecified atom stereocenters. The van der Waals surface area contributed by atoms with Gasteiger partial charge in [-0.05, 0) is 31.1 Å². The Bertz CT molecular complexity index is 915. The zero-order chi connectivity index (χ0) is 22.9. The summed E-state index contributed by atoms with van der Waals surface area (Å²) in [6, 6.07) is 3.76. The molecule has 1 N–H and O–H groups in total. The van der Waals surface area contributed by atoms with Crippen molar-refractivity contribution in [1.82, 2.24) is 4.98 Å². The summed E-state index contributed by atoms with van der Waals surface area (Å²) < 4.78 is 68.9. The van der Waals surface area contributed by atoms with Crippen molar-refractivity contribution in [2.24, 2.45) is 4.99 Å². The van der Waals surface area contributed by atoms with E-state index >= 15 is 0 Å². The van der Waals surface area contributed by atoms with Gasteiger partial charge in [0.15, 0.2) is 0 Å². The summed E-state index contributed by atoms with van der Waals surface area (Å²) in [5.74, 6) is -0.599. The van der Waals surface area contributed by atoms with Crippen LogP contribution in [0.5, 0.6) is 0 Å². The molecule has 10 heteroatoms. The van der Waals surface area contributed by atoms with Crippen LogP contribution >= 0.6 is 0 Å². The number of aryl methyl sites for hydroxylation is 1. The van der Waals surface area contributed by atoms with E-state index in [9.17, 15) is 21.6 Å². The van der Waals surface area contributed by atoms with Crippen LogP contribution in [-0.2, 0) is 25.5 Å². The van der Waals surface area contributed by atoms with Gasteiger partial charge in [0.2, 0.25) is 5.90 Å². The largest absolute Gasteiger partial charge is 0.534 e. The number of aromatic nitrogens is 1. The van der Waals surface area contributed by atoms with E-state index in [1.54, 1.807) is 6.08 Å². The highest BCUT2D eigenvalue weighted by molar-refractivity contribution is 7.88. The van der Waals surface area contributed by atoms with Crippen molar-refractivity contribution in [3.63, 3.8) is 0 Å². The Labute approximate surface area is 181 Å². The topological polar surface area (TPSA) is 80.8 Å². The smallest absolute Gasteiger partial charge is 0.494 e. The minimum atomic E-state index is -5.79. The molecule has 0 aliphatic carbocycles. The Hall–Kier alpha value is -2.23. The number of methoxy groups -OCH3 is 1. The zero-order valence-corrected chi connectivity index (χ0v) is 18.6. The van der Waals surface area contributed by atoms with E-state index in [0.717, 1.165) is 31.0 Å². The number of aromatic amines is 1. The van der Waals surface area contributed by atoms with Crippen LogP contribution in [0.1, 0.15) is 69.7 Å². The molecule has 2 heterocycles. The van der Waals surface area contributed by atoms with Crippen LogP contribution in [0.4, 0.5) is 13.2 Å². The average molecular weight is 463 g/mol. The molecule has 0 bridgehead atoms. The third-order valence-electron chi connectivity index (χ3n) is 4.80. The number of alkyl halides is 3. The summed E-state index contributed by atoms with van der Waals surface area (Å²) in [6.07, 6.45) is 13.3. The maximum Gasteiger partial charge on any atom is 0.534 e. The Balaban J connectivity index is 1.91. The quantitative estimate of drug-likeness (QED) is 0.240. The molecule has 0 saturated carbocycles. The Morgan fingerprint density at radius 3 is 2.32 bits per heavy atom. The molecular weight excluding hydrogens is 433 g/mol. The van der Waals surface area contributed by atoms with Gasteiger partial charge in [-0.3, -0.25) is 0 Å². The van der Waals surface area contributed by atoms with Crippen molar-refractivity contribution in [2.75, 3.05) is 7.11 Å². The number of H-pyrrole nitrogens is 1. The van der Waals surface area contributed by atoms with Crippen molar-refractivity contribution in [1.29, 1.82) is 0 Å². The number of hydrogen-bond donors (Lipinski definition) is 1. The number of halogens is 3. The van der Waals surface area contributed by atoms with Gasteiger partial charge in [0.05, 0.1) is 7.11 Å². The van der Waals surface area contributed by atoms with E-state index in [-0.39, 0.29) is 11.5 Å². The second-order valence-electron chi connectivity index (χ2n) is 7.34. The molecule has 0 spiro atoms. The third-order valence-corrected chi connectivity index (χ3v) is 5.75. The van der Waals surface area contributed by atoms with Gasteiger partial charge < -0.3 is 13.9 Å². The van der Waals surface area contributed by atoms with Crippen LogP contribution in [0.2, 0.25) is 0 Å². The highest BCUT2D eigenvalue weighted by Crippen LogP contribution is 2.28. The van der Waals surface area contributed by atoms with Crippen LogP contribution in [-0.4, -0.2) is 31.9 Å². The lowest BCUT2D eigenvalue weighted by Crippen LogP contribution is -2.27. The lowest BCUT2D eigenvalue weighted by molar-refractivity contribution is -0.0504. The van der Waals surface area contributed by atoms with Gasteiger partial charge in [-0.2, -0.15) is 21.6 Å². The molecule has 1 aliphatic rings. The molecule has 0 fully saturated rings. The van der Waals surface area contributed by atoms with E-state index in [1.165, 1.54) is 45.6 Å². The van der Waals surface area contributed by atoms with Crippen LogP contribution in [0.25, 0.3) is 6.08 Å². The maximum atomic E-state index is 12.5. The van der Waals surface area contributed by atoms with Crippen molar-refractivity contribution < 1.29 is 30.5 Å². The zero-order valence-electron chi connectivity index (χ0n) is 17.8. The lowest BCUT2D eigenvalue weighted by atomic mass is 10.1. The molecular formula is C21H29F3N2O4S. The normalized spacial score (nSPS) is 15.8. The molecule has 2 rings (SSSR count). The molecule has 1 aromatic rings. The van der Waals surface area contributed by atoms with E-state index in [0.29, 0.717) is 5.69 Å². The fraction of sp³-hybridized carbons (Fsp3) is 0.571. The summed E-state index contributed by atoms with van der Waals surface area (Å²) in [5.41, 5.74) is -3.65. The highest BCUT2D eigenvalue weighted by Gasteiger charge is 2.49. The van der Waals surface area contributed by atoms with Crippen LogP contribution in [0.3, 0.4) is 0 Å². The molecule has 0 atom stereocenters. The van der Waals surface area contributed by atoms with Gasteiger partial charge in [0, 0.05) is 17.5 Å². The van der Waals surface area contributed by atoms with Crippen LogP contribution in [0, 0.1) is 0 Å². The molecule has 0 aromatic carbocycles. The summed E-state index contributed by atoms with van der Waals surface area (Å²) in [5, 5.41) is 0. The fourth-order valence-electron chi connectivity index (χ4n) is 3.15. The number of nitrogens with zero attached hydrogens (tertiary/aromatic N) is 1. The minimum absolute atomic E-state index is 0.103. The number of aliphatic imine (C=N–C) groups is 1. The number of unbranched alkanes of at least 4 members (excludes halogenated alkanes) is 7. The molecule has 31 heavy (non-hydrogen) atoms. The number of hydrogen-bond acceptors (Lipinski definition) is 5. The standard InChI is InChI=1S/C21H29F3N2O4S/c1-3-4-5-6-7-8-9-10-11-16-12-13-17(25-16)14-18-19(29-2)15-20(26-18)30-31(27,28)21(22,23)24/h12-15,25H,3-11H2,1-2H3/b18-14-. The fourth-order valence-corrected chi connectivity index (χ4v) is 3.55. The highest BCUT2D eigenvalue weighted by atomic mass is 32.2. The van der Waals surface area contributed by atoms with Crippen molar-refractivity contribution in [3.8, 4) is 0 Å². The molecule has 0 amide bonds. The van der Waals surface area contributed by atoms with Gasteiger partial charge in [0.25, 0.3) is 0 Å². The second kappa shape index (κ2) is 11.4. The SMILES string of the molecule is CCCCCCCCCCc1ccc(/C=C2\N=C(OS(=O)(=O)C(F)(F)F)C=C2OC)[nH]1. The van der Waals surface area contributed by atoms with Gasteiger partial charge in [0.1, 0.15) is 11.5 Å². The molecule has 6 nitrogen and oxygen atoms in total. The Morgan fingerprint density at radius 1 is 1.06 bits per heavy atom. The first-order chi connectivity index (χ1) is 14.7. The van der Waals surface area contributed by atoms with E-state index in [2.05, 4.69) is 21.1 Å². The first-order valence-corrected chi connectivity index (χ1v) is 11.8. The molecule has 0 radical (unpaired) electrons. The van der Waals surface area contributed by atoms with Crippen LogP contribution < -0.4 is 0 Å². The predicted molar refractivity (Wildman–Crippen MR) is 114 cm³/mol. The van der Waals surface area contributed by atoms with Crippen LogP contribution in [0.15, 0.2) is 34.7 Å². The molecule has 0 saturated heterocycles. The monoisotopic (exact) mass is 462 g/mol. The molecule has 1 aromatic heterocycles. The van der Waals surface area contributed by atoms with Gasteiger partial charge in [-0.15, -0.1) is 0 Å². The van der Waals surface area contributed by atoms with E-state index in [4.69, 9.17) is 4.74 Å². The molecule has 174 valence electrons. The molecule has 1 aliphatic heterocycles.